The third-order valence-corrected chi connectivity index (χ3v) is 2.21. The molecule has 0 atom stereocenters. The third kappa shape index (κ3) is 2.05. The summed E-state index contributed by atoms with van der Waals surface area (Å²) in [5.41, 5.74) is 1.15. The Hall–Kier alpha value is -1.50. The fourth-order valence-electron chi connectivity index (χ4n) is 1.47. The summed E-state index contributed by atoms with van der Waals surface area (Å²) in [5, 5.41) is 2.35. The molecular weight excluding hydrogens is 172 g/mol. The second-order valence-corrected chi connectivity index (χ2v) is 3.14. The Morgan fingerprint density at radius 2 is 2.00 bits per heavy atom. The van der Waals surface area contributed by atoms with Crippen LogP contribution >= 0.6 is 0 Å². The molecule has 1 aromatic carbocycles. The Morgan fingerprint density at radius 1 is 1.29 bits per heavy atom. The molecule has 0 saturated heterocycles. The Kier molecular flexibility index (Phi) is 3.52. The van der Waals surface area contributed by atoms with Crippen LogP contribution in [0.15, 0.2) is 24.8 Å². The van der Waals surface area contributed by atoms with Crippen LogP contribution in [0.25, 0.3) is 12.2 Å². The number of rotatable bonds is 2. The van der Waals surface area contributed by atoms with Gasteiger partial charge in [0.2, 0.25) is 0 Å². The van der Waals surface area contributed by atoms with Crippen molar-refractivity contribution >= 4 is 12.2 Å². The van der Waals surface area contributed by atoms with Crippen molar-refractivity contribution in [2.75, 3.05) is 7.11 Å². The first-order valence-corrected chi connectivity index (χ1v) is 4.66. The van der Waals surface area contributed by atoms with E-state index in [4.69, 9.17) is 4.74 Å². The first kappa shape index (κ1) is 10.6. The van der Waals surface area contributed by atoms with Crippen LogP contribution in [-0.4, -0.2) is 7.11 Å². The Labute approximate surface area is 85.0 Å². The molecule has 0 radical (unpaired) electrons. The highest BCUT2D eigenvalue weighted by Crippen LogP contribution is 2.10. The number of aryl methyl sites for hydroxylation is 1. The molecule has 1 nitrogen and oxygen atoms in total. The van der Waals surface area contributed by atoms with E-state index in [-0.39, 0.29) is 0 Å². The largest absolute Gasteiger partial charge is 0.496 e. The van der Waals surface area contributed by atoms with Gasteiger partial charge in [0.15, 0.2) is 0 Å². The molecular formula is C13H16O. The summed E-state index contributed by atoms with van der Waals surface area (Å²) >= 11 is 0. The van der Waals surface area contributed by atoms with E-state index >= 15 is 0 Å². The minimum absolute atomic E-state index is 0.920. The van der Waals surface area contributed by atoms with E-state index in [1.54, 1.807) is 13.2 Å². The van der Waals surface area contributed by atoms with Crippen LogP contribution in [0.2, 0.25) is 0 Å². The molecule has 0 aromatic heterocycles. The predicted octanol–water partition coefficient (Wildman–Crippen LogP) is 1.77. The molecule has 1 heteroatoms. The van der Waals surface area contributed by atoms with Crippen molar-refractivity contribution in [3.63, 3.8) is 0 Å². The fourth-order valence-corrected chi connectivity index (χ4v) is 1.47. The molecule has 0 spiro atoms. The van der Waals surface area contributed by atoms with E-state index < -0.39 is 0 Å². The summed E-state index contributed by atoms with van der Waals surface area (Å²) in [4.78, 5) is 0. The van der Waals surface area contributed by atoms with Gasteiger partial charge < -0.3 is 4.74 Å². The van der Waals surface area contributed by atoms with Crippen molar-refractivity contribution in [3.05, 3.63) is 40.8 Å². The summed E-state index contributed by atoms with van der Waals surface area (Å²) in [5.74, 6) is 0.920. The molecule has 0 saturated carbocycles. The predicted molar refractivity (Wildman–Crippen MR) is 61.8 cm³/mol. The molecule has 74 valence electrons. The van der Waals surface area contributed by atoms with Crippen LogP contribution in [0.3, 0.4) is 0 Å². The van der Waals surface area contributed by atoms with E-state index in [0.717, 1.165) is 16.5 Å². The quantitative estimate of drug-likeness (QED) is 0.687. The molecule has 1 rings (SSSR count). The van der Waals surface area contributed by atoms with Crippen molar-refractivity contribution in [3.8, 4) is 5.75 Å². The van der Waals surface area contributed by atoms with Crippen molar-refractivity contribution in [1.29, 1.82) is 0 Å². The van der Waals surface area contributed by atoms with Crippen molar-refractivity contribution in [1.82, 2.24) is 0 Å². The van der Waals surface area contributed by atoms with E-state index in [9.17, 15) is 0 Å². The standard InChI is InChI=1S/C13H16O/c1-5-7-12-9-13(14-4)10(3)8-11(12)6-2/h5-9H,1H2,2-4H3/b11-6-,12-7-. The first-order chi connectivity index (χ1) is 6.72. The lowest BCUT2D eigenvalue weighted by Crippen LogP contribution is -2.24. The highest BCUT2D eigenvalue weighted by atomic mass is 16.5. The zero-order valence-electron chi connectivity index (χ0n) is 9.00. The molecule has 0 aliphatic carbocycles. The number of allylic oxidation sites excluding steroid dienone is 1. The van der Waals surface area contributed by atoms with Gasteiger partial charge in [-0.3, -0.25) is 0 Å². The topological polar surface area (TPSA) is 9.23 Å². The van der Waals surface area contributed by atoms with Crippen molar-refractivity contribution in [2.45, 2.75) is 13.8 Å². The molecule has 0 aliphatic heterocycles. The van der Waals surface area contributed by atoms with Crippen LogP contribution in [0.1, 0.15) is 12.5 Å². The average molecular weight is 188 g/mol. The van der Waals surface area contributed by atoms with Crippen LogP contribution in [0.5, 0.6) is 5.75 Å². The minimum Gasteiger partial charge on any atom is -0.496 e. The number of methoxy groups -OCH3 is 1. The zero-order valence-corrected chi connectivity index (χ0v) is 9.00. The van der Waals surface area contributed by atoms with E-state index in [1.165, 1.54) is 5.22 Å². The Morgan fingerprint density at radius 3 is 2.50 bits per heavy atom. The molecule has 0 N–H and O–H groups in total. The monoisotopic (exact) mass is 188 g/mol. The first-order valence-electron chi connectivity index (χ1n) is 4.66. The second kappa shape index (κ2) is 4.66. The maximum absolute atomic E-state index is 5.26. The normalized spacial score (nSPS) is 13.1. The lowest BCUT2D eigenvalue weighted by molar-refractivity contribution is 0.411. The van der Waals surface area contributed by atoms with Gasteiger partial charge in [-0.1, -0.05) is 24.8 Å². The second-order valence-electron chi connectivity index (χ2n) is 3.14. The van der Waals surface area contributed by atoms with Gasteiger partial charge >= 0.3 is 0 Å². The lowest BCUT2D eigenvalue weighted by Gasteiger charge is -2.03. The Balaban J connectivity index is 3.57. The summed E-state index contributed by atoms with van der Waals surface area (Å²) in [6, 6.07) is 4.15. The molecule has 0 unspecified atom stereocenters. The zero-order chi connectivity index (χ0) is 10.6. The van der Waals surface area contributed by atoms with Gasteiger partial charge in [0, 0.05) is 0 Å². The molecule has 0 fully saturated rings. The highest BCUT2D eigenvalue weighted by Gasteiger charge is 1.96. The summed E-state index contributed by atoms with van der Waals surface area (Å²) in [6.45, 7) is 7.77. The van der Waals surface area contributed by atoms with Gasteiger partial charge in [0.1, 0.15) is 5.75 Å². The number of hydrogen-bond acceptors (Lipinski definition) is 1. The van der Waals surface area contributed by atoms with Gasteiger partial charge in [-0.15, -0.1) is 0 Å². The van der Waals surface area contributed by atoms with E-state index in [1.807, 2.05) is 26.0 Å². The molecule has 0 amide bonds. The number of hydrogen-bond donors (Lipinski definition) is 0. The molecule has 0 bridgehead atoms. The van der Waals surface area contributed by atoms with Gasteiger partial charge in [-0.2, -0.15) is 0 Å². The number of ether oxygens (including phenoxy) is 1. The molecule has 0 aliphatic rings. The Bertz CT molecular complexity index is 441. The summed E-state index contributed by atoms with van der Waals surface area (Å²) in [7, 11) is 1.69. The van der Waals surface area contributed by atoms with Crippen molar-refractivity contribution in [2.24, 2.45) is 0 Å². The minimum atomic E-state index is 0.920. The van der Waals surface area contributed by atoms with Gasteiger partial charge in [-0.25, -0.2) is 0 Å². The molecule has 1 aromatic rings. The van der Waals surface area contributed by atoms with Crippen LogP contribution < -0.4 is 15.2 Å². The molecule has 14 heavy (non-hydrogen) atoms. The van der Waals surface area contributed by atoms with Gasteiger partial charge in [-0.05, 0) is 42.0 Å². The SMILES string of the molecule is C=C/C=c1/cc(OC)c(C)c/c1=C/C. The maximum atomic E-state index is 5.26. The van der Waals surface area contributed by atoms with E-state index in [2.05, 4.69) is 18.7 Å². The van der Waals surface area contributed by atoms with Gasteiger partial charge in [0.05, 0.1) is 7.11 Å². The molecule has 0 heterocycles. The fraction of sp³-hybridized carbons (Fsp3) is 0.231. The van der Waals surface area contributed by atoms with Crippen LogP contribution in [-0.2, 0) is 0 Å². The highest BCUT2D eigenvalue weighted by molar-refractivity contribution is 5.44. The smallest absolute Gasteiger partial charge is 0.122 e. The average Bonchev–Trinajstić information content (AvgIpc) is 2.20. The summed E-state index contributed by atoms with van der Waals surface area (Å²) in [6.07, 6.45) is 5.86. The third-order valence-electron chi connectivity index (χ3n) is 2.21. The van der Waals surface area contributed by atoms with Gasteiger partial charge in [0.25, 0.3) is 0 Å². The lowest BCUT2D eigenvalue weighted by atomic mass is 10.1. The van der Waals surface area contributed by atoms with Crippen molar-refractivity contribution < 1.29 is 4.74 Å². The van der Waals surface area contributed by atoms with Crippen LogP contribution in [0, 0.1) is 6.92 Å². The van der Waals surface area contributed by atoms with E-state index in [0.29, 0.717) is 0 Å². The maximum Gasteiger partial charge on any atom is 0.122 e. The van der Waals surface area contributed by atoms with Crippen LogP contribution in [0.4, 0.5) is 0 Å². The summed E-state index contributed by atoms with van der Waals surface area (Å²) < 4.78 is 5.26. The number of benzene rings is 1.